The fourth-order valence-electron chi connectivity index (χ4n) is 17.8. The number of halogens is 1. The first kappa shape index (κ1) is 58.3. The van der Waals surface area contributed by atoms with Crippen LogP contribution in [0.4, 0.5) is 0 Å². The Morgan fingerprint density at radius 3 is 1.26 bits per heavy atom. The zero-order valence-electron chi connectivity index (χ0n) is 46.8. The monoisotopic (exact) mass is 1020 g/mol. The minimum Gasteiger partial charge on any atom is -0.504 e. The molecule has 404 valence electrons. The average molecular weight is 1030 g/mol. The molecule has 1 amide bonds. The minimum absolute atomic E-state index is 0. The van der Waals surface area contributed by atoms with E-state index in [-0.39, 0.29) is 97.6 Å². The highest BCUT2D eigenvalue weighted by molar-refractivity contribution is 6.07. The number of ketones is 2. The lowest BCUT2D eigenvalue weighted by Gasteiger charge is -2.70. The predicted molar refractivity (Wildman–Crippen MR) is 297 cm³/mol. The van der Waals surface area contributed by atoms with Gasteiger partial charge >= 0.3 is 5.97 Å². The highest BCUT2D eigenvalue weighted by atomic mass is 35.5. The standard InChI is InChI=1S/C31H43NO3.C29H38O4.C2H7N.CH4.ClH/c1-19-20-9-10-23-29(4,21(20)17-22(33)25(19)34)14-16-31(6)24-18-28(3,26(35)32(7)8)12-11-27(24,2)13-15-30(23,31)5;1-17-18-7-8-21-27(4,19(18)15-20(30)23(17)31)12-14-29(6)22-16-26(3,24(32)33)10-9-25(22,2)11-13-28(21,29)5;1-3-2;;/h9-10,17,24,34H,11-16,18H2,1-8H3;7-8,15,22,31H,9-14,16H2,1-6H3,(H,32,33);3H,1-2H3;1H4;1H/t24-,27-,28-,29+,30-,31+;22-,25-,26-,27+,28-,29+;;;/m11.../s1. The summed E-state index contributed by atoms with van der Waals surface area (Å²) in [7, 11) is 7.54. The Hall–Kier alpha value is -3.95. The molecule has 12 atom stereocenters. The van der Waals surface area contributed by atoms with Crippen molar-refractivity contribution in [2.75, 3.05) is 28.2 Å². The van der Waals surface area contributed by atoms with E-state index in [2.05, 4.69) is 91.9 Å². The second kappa shape index (κ2) is 18.7. The van der Waals surface area contributed by atoms with Crippen LogP contribution in [0.2, 0.25) is 0 Å². The molecule has 10 heteroatoms. The third kappa shape index (κ3) is 8.05. The fraction of sp³-hybridized carbons (Fsp3) is 0.683. The van der Waals surface area contributed by atoms with E-state index in [4.69, 9.17) is 0 Å². The molecule has 10 aliphatic rings. The van der Waals surface area contributed by atoms with E-state index in [1.165, 1.54) is 17.6 Å². The van der Waals surface area contributed by atoms with Crippen molar-refractivity contribution in [2.24, 2.45) is 66.0 Å². The molecule has 0 aromatic heterocycles. The van der Waals surface area contributed by atoms with Crippen molar-refractivity contribution < 1.29 is 34.5 Å². The highest BCUT2D eigenvalue weighted by Crippen LogP contribution is 2.77. The second-order valence-corrected chi connectivity index (χ2v) is 27.2. The van der Waals surface area contributed by atoms with Crippen LogP contribution in [0.15, 0.2) is 92.6 Å². The Morgan fingerprint density at radius 2 is 0.904 bits per heavy atom. The van der Waals surface area contributed by atoms with Gasteiger partial charge in [-0.15, -0.1) is 12.4 Å². The number of allylic oxidation sites excluding steroid dienone is 14. The number of carboxylic acid groups (broad SMARTS) is 1. The van der Waals surface area contributed by atoms with Gasteiger partial charge in [0.05, 0.1) is 5.41 Å². The first-order valence-corrected chi connectivity index (χ1v) is 27.0. The SMILES string of the molecule is C.CC1=C(O)C(=O)C=C2C1=CC=C1[C@@]2(C)CC[C@@]2(C)[C@@H]3C[C@](C)(C(=O)N(C)C)CC[C@]3(C)CC[C@]12C.CC1=C(O)C(=O)C=C2C1=CC=C1[C@@]2(C)CC[C@@]2(C)[C@@H]3C[C@](C)(C(=O)O)CC[C@]3(C)CC[C@]12C.CNC.Cl. The van der Waals surface area contributed by atoms with Crippen LogP contribution in [0.1, 0.15) is 180 Å². The van der Waals surface area contributed by atoms with E-state index in [1.54, 1.807) is 17.1 Å². The first-order valence-electron chi connectivity index (χ1n) is 27.0. The molecule has 0 unspecified atom stereocenters. The van der Waals surface area contributed by atoms with Crippen LogP contribution >= 0.6 is 12.4 Å². The Labute approximate surface area is 445 Å². The Balaban J connectivity index is 0.000000221. The maximum Gasteiger partial charge on any atom is 0.309 e. The Kier molecular flexibility index (Phi) is 14.9. The molecule has 10 aliphatic carbocycles. The summed E-state index contributed by atoms with van der Waals surface area (Å²) >= 11 is 0. The van der Waals surface area contributed by atoms with Crippen LogP contribution in [0.3, 0.4) is 0 Å². The molecule has 73 heavy (non-hydrogen) atoms. The Bertz CT molecular complexity index is 2640. The maximum atomic E-state index is 13.3. The fourth-order valence-corrected chi connectivity index (χ4v) is 17.8. The van der Waals surface area contributed by atoms with Crippen molar-refractivity contribution in [1.82, 2.24) is 10.2 Å². The summed E-state index contributed by atoms with van der Waals surface area (Å²) in [6.07, 6.45) is 26.3. The van der Waals surface area contributed by atoms with Crippen molar-refractivity contribution in [3.63, 3.8) is 0 Å². The molecule has 0 aromatic carbocycles. The van der Waals surface area contributed by atoms with Crippen LogP contribution in [0.5, 0.6) is 0 Å². The molecule has 0 aliphatic heterocycles. The molecule has 6 fully saturated rings. The number of carboxylic acids is 1. The van der Waals surface area contributed by atoms with Gasteiger partial charge in [0.15, 0.2) is 11.5 Å². The highest BCUT2D eigenvalue weighted by Gasteiger charge is 2.69. The van der Waals surface area contributed by atoms with Crippen LogP contribution < -0.4 is 5.32 Å². The van der Waals surface area contributed by atoms with Crippen molar-refractivity contribution in [3.05, 3.63) is 92.6 Å². The van der Waals surface area contributed by atoms with Gasteiger partial charge in [-0.25, -0.2) is 0 Å². The van der Waals surface area contributed by atoms with E-state index in [0.29, 0.717) is 23.0 Å². The lowest BCUT2D eigenvalue weighted by atomic mass is 9.34. The summed E-state index contributed by atoms with van der Waals surface area (Å²) in [4.78, 5) is 52.6. The van der Waals surface area contributed by atoms with Gasteiger partial charge < -0.3 is 25.5 Å². The zero-order valence-corrected chi connectivity index (χ0v) is 47.7. The number of aliphatic hydroxyl groups excluding tert-OH is 2. The van der Waals surface area contributed by atoms with Crippen molar-refractivity contribution >= 4 is 35.9 Å². The number of amides is 1. The molecule has 0 bridgehead atoms. The number of fused-ring (bicyclic) bond motifs is 14. The number of aliphatic hydroxyl groups is 2. The molecule has 6 saturated carbocycles. The smallest absolute Gasteiger partial charge is 0.309 e. The molecule has 10 rings (SSSR count). The van der Waals surface area contributed by atoms with Crippen molar-refractivity contribution in [3.8, 4) is 0 Å². The van der Waals surface area contributed by atoms with Gasteiger partial charge in [0, 0.05) is 41.5 Å². The number of nitrogens with one attached hydrogen (secondary N) is 1. The molecule has 0 spiro atoms. The second-order valence-electron chi connectivity index (χ2n) is 27.2. The van der Waals surface area contributed by atoms with E-state index in [1.807, 2.05) is 49.0 Å². The number of nitrogens with zero attached hydrogens (tertiary/aromatic N) is 1. The number of carbonyl (C=O) groups excluding carboxylic acids is 3. The molecule has 0 radical (unpaired) electrons. The normalized spacial score (nSPS) is 42.8. The van der Waals surface area contributed by atoms with Crippen LogP contribution in [-0.2, 0) is 19.2 Å². The molecule has 9 nitrogen and oxygen atoms in total. The number of hydrogen-bond acceptors (Lipinski definition) is 7. The molecule has 4 N–H and O–H groups in total. The van der Waals surface area contributed by atoms with Gasteiger partial charge in [-0.05, 0) is 204 Å². The quantitative estimate of drug-likeness (QED) is 0.214. The summed E-state index contributed by atoms with van der Waals surface area (Å²) in [5, 5.41) is 33.4. The third-order valence-corrected chi connectivity index (χ3v) is 23.2. The van der Waals surface area contributed by atoms with E-state index < -0.39 is 11.4 Å². The van der Waals surface area contributed by atoms with Gasteiger partial charge in [0.1, 0.15) is 0 Å². The number of aliphatic carboxylic acids is 1. The van der Waals surface area contributed by atoms with E-state index in [9.17, 15) is 34.5 Å². The van der Waals surface area contributed by atoms with Crippen LogP contribution in [0.25, 0.3) is 0 Å². The summed E-state index contributed by atoms with van der Waals surface area (Å²) < 4.78 is 0. The molecular formula is C63H93ClN2O7. The minimum atomic E-state index is -0.655. The van der Waals surface area contributed by atoms with Gasteiger partial charge in [0.25, 0.3) is 0 Å². The van der Waals surface area contributed by atoms with Gasteiger partial charge in [0.2, 0.25) is 17.5 Å². The first-order chi connectivity index (χ1) is 32.8. The Morgan fingerprint density at radius 1 is 0.562 bits per heavy atom. The van der Waals surface area contributed by atoms with Crippen molar-refractivity contribution in [2.45, 2.75) is 180 Å². The summed E-state index contributed by atoms with van der Waals surface area (Å²) in [5.74, 6) is -0.374. The largest absolute Gasteiger partial charge is 0.504 e. The molecule has 0 aromatic rings. The maximum absolute atomic E-state index is 13.3. The van der Waals surface area contributed by atoms with Crippen LogP contribution in [-0.4, -0.2) is 71.9 Å². The van der Waals surface area contributed by atoms with Crippen LogP contribution in [0, 0.1) is 66.0 Å². The van der Waals surface area contributed by atoms with Gasteiger partial charge in [-0.1, -0.05) is 105 Å². The average Bonchev–Trinajstić information content (AvgIpc) is 3.31. The topological polar surface area (TPSA) is 144 Å². The summed E-state index contributed by atoms with van der Waals surface area (Å²) in [6, 6.07) is 0. The zero-order chi connectivity index (χ0) is 52.7. The van der Waals surface area contributed by atoms with Crippen molar-refractivity contribution in [1.29, 1.82) is 0 Å². The molecule has 0 saturated heterocycles. The number of carbonyl (C=O) groups is 4. The van der Waals surface area contributed by atoms with Gasteiger partial charge in [-0.2, -0.15) is 0 Å². The van der Waals surface area contributed by atoms with Gasteiger partial charge in [-0.3, -0.25) is 19.2 Å². The molecule has 0 heterocycles. The van der Waals surface area contributed by atoms with E-state index >= 15 is 0 Å². The predicted octanol–water partition coefficient (Wildman–Crippen LogP) is 14.3. The summed E-state index contributed by atoms with van der Waals surface area (Å²) in [5.41, 5.74) is 7.40. The summed E-state index contributed by atoms with van der Waals surface area (Å²) in [6.45, 7) is 27.2. The van der Waals surface area contributed by atoms with E-state index in [0.717, 1.165) is 106 Å². The lowest BCUT2D eigenvalue weighted by molar-refractivity contribution is -0.178. The molecular weight excluding hydrogens is 932 g/mol. The number of rotatable bonds is 2. The third-order valence-electron chi connectivity index (χ3n) is 23.2. The number of hydrogen-bond donors (Lipinski definition) is 4. The lowest BCUT2D eigenvalue weighted by Crippen LogP contribution is -2.62.